The largest absolute Gasteiger partial charge is 0.346 e. The molecule has 0 atom stereocenters. The van der Waals surface area contributed by atoms with Crippen molar-refractivity contribution in [3.8, 4) is 22.3 Å². The van der Waals surface area contributed by atoms with Gasteiger partial charge in [-0.25, -0.2) is 4.98 Å². The molecule has 2 N–H and O–H groups in total. The van der Waals surface area contributed by atoms with Crippen molar-refractivity contribution < 1.29 is 4.79 Å². The zero-order chi connectivity index (χ0) is 25.1. The quantitative estimate of drug-likeness (QED) is 0.317. The van der Waals surface area contributed by atoms with Crippen molar-refractivity contribution in [2.45, 2.75) is 19.9 Å². The third-order valence-corrected chi connectivity index (χ3v) is 6.08. The van der Waals surface area contributed by atoms with Gasteiger partial charge < -0.3 is 14.9 Å². The van der Waals surface area contributed by atoms with Crippen LogP contribution in [0.2, 0.25) is 0 Å². The van der Waals surface area contributed by atoms with E-state index in [9.17, 15) is 9.59 Å². The van der Waals surface area contributed by atoms with E-state index in [-0.39, 0.29) is 11.2 Å². The van der Waals surface area contributed by atoms with E-state index in [1.807, 2.05) is 54.9 Å². The first-order valence-corrected chi connectivity index (χ1v) is 11.7. The molecule has 4 aromatic heterocycles. The topological polar surface area (TPSA) is 92.7 Å². The van der Waals surface area contributed by atoms with Crippen LogP contribution in [0.4, 0.5) is 5.69 Å². The van der Waals surface area contributed by atoms with Gasteiger partial charge in [-0.05, 0) is 47.9 Å². The van der Waals surface area contributed by atoms with Gasteiger partial charge in [-0.15, -0.1) is 0 Å². The van der Waals surface area contributed by atoms with Gasteiger partial charge in [0.25, 0.3) is 5.56 Å². The fraction of sp³-hybridized carbons (Fsp3) is 0.103. The van der Waals surface area contributed by atoms with Gasteiger partial charge in [0.05, 0.1) is 6.54 Å². The Morgan fingerprint density at radius 3 is 2.69 bits per heavy atom. The number of fused-ring (bicyclic) bond motifs is 1. The average Bonchev–Trinajstić information content (AvgIpc) is 3.34. The van der Waals surface area contributed by atoms with Crippen molar-refractivity contribution in [2.75, 3.05) is 5.32 Å². The van der Waals surface area contributed by atoms with Crippen LogP contribution in [0.3, 0.4) is 0 Å². The molecule has 0 radical (unpaired) electrons. The fourth-order valence-electron chi connectivity index (χ4n) is 4.20. The van der Waals surface area contributed by atoms with Crippen LogP contribution in [-0.4, -0.2) is 25.4 Å². The Labute approximate surface area is 208 Å². The molecule has 1 aromatic carbocycles. The maximum absolute atomic E-state index is 13.2. The van der Waals surface area contributed by atoms with Crippen molar-refractivity contribution >= 4 is 22.6 Å². The first kappa shape index (κ1) is 23.0. The van der Waals surface area contributed by atoms with Crippen LogP contribution in [0.5, 0.6) is 0 Å². The van der Waals surface area contributed by atoms with Gasteiger partial charge in [0.2, 0.25) is 5.91 Å². The lowest BCUT2D eigenvalue weighted by Gasteiger charge is -2.13. The number of rotatable bonds is 7. The summed E-state index contributed by atoms with van der Waals surface area (Å²) in [5.41, 5.74) is 6.31. The molecule has 7 nitrogen and oxygen atoms in total. The van der Waals surface area contributed by atoms with Crippen LogP contribution in [0, 0.1) is 0 Å². The number of H-pyrrole nitrogens is 1. The van der Waals surface area contributed by atoms with E-state index in [0.717, 1.165) is 57.0 Å². The third-order valence-electron chi connectivity index (χ3n) is 6.08. The van der Waals surface area contributed by atoms with E-state index in [0.29, 0.717) is 6.54 Å². The highest BCUT2D eigenvalue weighted by Crippen LogP contribution is 2.31. The monoisotopic (exact) mass is 475 g/mol. The second-order valence-corrected chi connectivity index (χ2v) is 8.47. The Bertz CT molecular complexity index is 1630. The van der Waals surface area contributed by atoms with E-state index >= 15 is 0 Å². The minimum Gasteiger partial charge on any atom is -0.346 e. The summed E-state index contributed by atoms with van der Waals surface area (Å²) in [6, 6.07) is 17.5. The minimum atomic E-state index is -0.443. The maximum atomic E-state index is 13.2. The van der Waals surface area contributed by atoms with Crippen molar-refractivity contribution in [2.24, 2.45) is 0 Å². The molecular formula is C29H25N5O2. The van der Waals surface area contributed by atoms with Gasteiger partial charge in [-0.1, -0.05) is 43.8 Å². The van der Waals surface area contributed by atoms with Crippen LogP contribution in [0.15, 0.2) is 96.8 Å². The van der Waals surface area contributed by atoms with Crippen LogP contribution in [-0.2, 0) is 17.8 Å². The van der Waals surface area contributed by atoms with E-state index in [1.165, 1.54) is 0 Å². The van der Waals surface area contributed by atoms with E-state index < -0.39 is 5.91 Å². The lowest BCUT2D eigenvalue weighted by Crippen LogP contribution is -2.25. The van der Waals surface area contributed by atoms with E-state index in [1.54, 1.807) is 23.0 Å². The van der Waals surface area contributed by atoms with Crippen molar-refractivity contribution in [3.63, 3.8) is 0 Å². The Kier molecular flexibility index (Phi) is 6.28. The summed E-state index contributed by atoms with van der Waals surface area (Å²) < 4.78 is 1.60. The molecule has 0 saturated carbocycles. The Morgan fingerprint density at radius 1 is 1.08 bits per heavy atom. The molecule has 0 saturated heterocycles. The van der Waals surface area contributed by atoms with Crippen LogP contribution < -0.4 is 10.9 Å². The molecule has 0 aliphatic carbocycles. The number of nitrogens with one attached hydrogen (secondary N) is 2. The zero-order valence-electron chi connectivity index (χ0n) is 19.9. The number of hydrogen-bond acceptors (Lipinski definition) is 4. The number of nitrogens with zero attached hydrogens (tertiary/aromatic N) is 3. The highest BCUT2D eigenvalue weighted by Gasteiger charge is 2.14. The molecule has 0 unspecified atom stereocenters. The Balaban J connectivity index is 1.63. The first-order valence-electron chi connectivity index (χ1n) is 11.7. The minimum absolute atomic E-state index is 0.185. The second-order valence-electron chi connectivity index (χ2n) is 8.47. The van der Waals surface area contributed by atoms with Gasteiger partial charge in [-0.2, -0.15) is 0 Å². The fourth-order valence-corrected chi connectivity index (χ4v) is 4.20. The van der Waals surface area contributed by atoms with Crippen LogP contribution >= 0.6 is 0 Å². The molecule has 0 aliphatic heterocycles. The summed E-state index contributed by atoms with van der Waals surface area (Å²) in [5.74, 6) is -0.443. The highest BCUT2D eigenvalue weighted by molar-refractivity contribution is 5.99. The molecule has 36 heavy (non-hydrogen) atoms. The molecule has 7 heteroatoms. The lowest BCUT2D eigenvalue weighted by molar-refractivity contribution is -0.111. The molecule has 0 aliphatic rings. The third kappa shape index (κ3) is 4.59. The van der Waals surface area contributed by atoms with Gasteiger partial charge in [0, 0.05) is 52.6 Å². The predicted octanol–water partition coefficient (Wildman–Crippen LogP) is 5.19. The average molecular weight is 476 g/mol. The molecular weight excluding hydrogens is 450 g/mol. The van der Waals surface area contributed by atoms with E-state index in [4.69, 9.17) is 0 Å². The number of benzene rings is 1. The molecule has 178 valence electrons. The number of hydrogen-bond donors (Lipinski definition) is 2. The van der Waals surface area contributed by atoms with Crippen LogP contribution in [0.1, 0.15) is 18.2 Å². The standard InChI is InChI=1S/C29H25N5O2/c1-3-23-12-20(10-11-30-23)25-16-32-28-24(25)13-21(15-31-28)22-14-26(33-27(35)4-2)29(36)34(18-22)17-19-8-6-5-7-9-19/h4-16,18H,2-3,17H2,1H3,(H,31,32)(H,33,35). The summed E-state index contributed by atoms with van der Waals surface area (Å²) >= 11 is 0. The highest BCUT2D eigenvalue weighted by atomic mass is 16.2. The van der Waals surface area contributed by atoms with Crippen molar-refractivity contribution in [1.82, 2.24) is 19.5 Å². The molecule has 5 rings (SSSR count). The number of carbonyl (C=O) groups is 1. The Hall–Kier alpha value is -4.78. The molecule has 1 amide bonds. The number of anilines is 1. The maximum Gasteiger partial charge on any atom is 0.274 e. The summed E-state index contributed by atoms with van der Waals surface area (Å²) in [6.45, 7) is 5.94. The van der Waals surface area contributed by atoms with Gasteiger partial charge in [-0.3, -0.25) is 14.6 Å². The second kappa shape index (κ2) is 9.84. The lowest BCUT2D eigenvalue weighted by atomic mass is 10.0. The number of aryl methyl sites for hydroxylation is 1. The van der Waals surface area contributed by atoms with Gasteiger partial charge in [0.1, 0.15) is 11.3 Å². The smallest absolute Gasteiger partial charge is 0.274 e. The first-order chi connectivity index (χ1) is 17.6. The predicted molar refractivity (Wildman–Crippen MR) is 143 cm³/mol. The number of pyridine rings is 3. The summed E-state index contributed by atoms with van der Waals surface area (Å²) in [5, 5.41) is 3.61. The van der Waals surface area contributed by atoms with E-state index in [2.05, 4.69) is 39.8 Å². The summed E-state index contributed by atoms with van der Waals surface area (Å²) in [4.78, 5) is 37.5. The molecule has 4 heterocycles. The zero-order valence-corrected chi connectivity index (χ0v) is 19.9. The van der Waals surface area contributed by atoms with Gasteiger partial charge >= 0.3 is 0 Å². The van der Waals surface area contributed by atoms with Gasteiger partial charge in [0.15, 0.2) is 0 Å². The van der Waals surface area contributed by atoms with Crippen molar-refractivity contribution in [3.05, 3.63) is 114 Å². The van der Waals surface area contributed by atoms with Crippen molar-refractivity contribution in [1.29, 1.82) is 0 Å². The number of aromatic nitrogens is 4. The molecule has 0 fully saturated rings. The number of amides is 1. The molecule has 5 aromatic rings. The number of aromatic amines is 1. The molecule has 0 bridgehead atoms. The normalized spacial score (nSPS) is 10.9. The number of carbonyl (C=O) groups excluding carboxylic acids is 1. The summed E-state index contributed by atoms with van der Waals surface area (Å²) in [6.07, 6.45) is 9.32. The Morgan fingerprint density at radius 2 is 1.92 bits per heavy atom. The molecule has 0 spiro atoms. The van der Waals surface area contributed by atoms with Crippen LogP contribution in [0.25, 0.3) is 33.3 Å². The SMILES string of the molecule is C=CC(=O)Nc1cc(-c2cnc3[nH]cc(-c4ccnc(CC)c4)c3c2)cn(Cc2ccccc2)c1=O. The summed E-state index contributed by atoms with van der Waals surface area (Å²) in [7, 11) is 0.